The summed E-state index contributed by atoms with van der Waals surface area (Å²) in [5.41, 5.74) is 7.64. The molecule has 1 aliphatic rings. The van der Waals surface area contributed by atoms with E-state index >= 15 is 0 Å². The first kappa shape index (κ1) is 16.4. The van der Waals surface area contributed by atoms with Crippen LogP contribution in [0.5, 0.6) is 0 Å². The number of hydrogen-bond donors (Lipinski definition) is 1. The molecule has 2 amide bonds. The number of amides is 2. The van der Waals surface area contributed by atoms with Crippen LogP contribution < -0.4 is 4.90 Å². The summed E-state index contributed by atoms with van der Waals surface area (Å²) in [6, 6.07) is 3.21. The van der Waals surface area contributed by atoms with Gasteiger partial charge >= 0.3 is 16.4 Å². The average molecular weight is 340 g/mol. The summed E-state index contributed by atoms with van der Waals surface area (Å²) in [6.07, 6.45) is -0.172. The van der Waals surface area contributed by atoms with Crippen molar-refractivity contribution in [1.29, 1.82) is 0 Å². The topological polar surface area (TPSA) is 167 Å². The van der Waals surface area contributed by atoms with Crippen molar-refractivity contribution in [2.24, 2.45) is 5.11 Å². The van der Waals surface area contributed by atoms with Crippen LogP contribution in [0.4, 0.5) is 11.4 Å². The number of anilines is 1. The normalized spacial score (nSPS) is 14.6. The van der Waals surface area contributed by atoms with Crippen molar-refractivity contribution >= 4 is 39.6 Å². The quantitative estimate of drug-likeness (QED) is 0.283. The van der Waals surface area contributed by atoms with Crippen LogP contribution in [0.2, 0.25) is 0 Å². The number of carbonyl (C=O) groups excluding carboxylic acids is 3. The SMILES string of the molecule is [N-]=[N+]=Nc1ccc(C(=O)OS(=O)(=O)O)c(N2C(=O)CCC2=O)c1. The molecule has 0 radical (unpaired) electrons. The molecule has 12 heteroatoms. The maximum Gasteiger partial charge on any atom is 0.449 e. The third-order valence-electron chi connectivity index (χ3n) is 2.83. The van der Waals surface area contributed by atoms with E-state index in [1.54, 1.807) is 0 Å². The zero-order chi connectivity index (χ0) is 17.2. The van der Waals surface area contributed by atoms with Crippen LogP contribution in [0.25, 0.3) is 10.4 Å². The zero-order valence-electron chi connectivity index (χ0n) is 11.2. The van der Waals surface area contributed by atoms with Crippen LogP contribution in [-0.4, -0.2) is 30.8 Å². The lowest BCUT2D eigenvalue weighted by molar-refractivity contribution is -0.121. The van der Waals surface area contributed by atoms with Crippen LogP contribution in [0.15, 0.2) is 23.3 Å². The molecular formula is C11H8N4O7S. The first-order valence-electron chi connectivity index (χ1n) is 5.99. The maximum atomic E-state index is 11.8. The van der Waals surface area contributed by atoms with Crippen molar-refractivity contribution in [2.75, 3.05) is 4.90 Å². The minimum absolute atomic E-state index is 0.0154. The van der Waals surface area contributed by atoms with Gasteiger partial charge in [-0.2, -0.15) is 8.42 Å². The van der Waals surface area contributed by atoms with Gasteiger partial charge in [-0.05, 0) is 17.7 Å². The van der Waals surface area contributed by atoms with E-state index in [4.69, 9.17) is 10.1 Å². The Morgan fingerprint density at radius 2 is 1.91 bits per heavy atom. The number of nitrogens with zero attached hydrogens (tertiary/aromatic N) is 4. The van der Waals surface area contributed by atoms with E-state index < -0.39 is 33.7 Å². The number of imide groups is 1. The lowest BCUT2D eigenvalue weighted by Crippen LogP contribution is -2.30. The molecule has 1 aliphatic heterocycles. The molecule has 0 unspecified atom stereocenters. The van der Waals surface area contributed by atoms with Gasteiger partial charge in [-0.15, -0.1) is 0 Å². The summed E-state index contributed by atoms with van der Waals surface area (Å²) < 4.78 is 33.7. The molecule has 0 saturated carbocycles. The Morgan fingerprint density at radius 3 is 2.43 bits per heavy atom. The molecule has 1 saturated heterocycles. The van der Waals surface area contributed by atoms with Crippen molar-refractivity contribution in [3.63, 3.8) is 0 Å². The van der Waals surface area contributed by atoms with Gasteiger partial charge in [0.2, 0.25) is 11.8 Å². The van der Waals surface area contributed by atoms with Gasteiger partial charge in [-0.3, -0.25) is 14.1 Å². The Kier molecular flexibility index (Phi) is 4.31. The number of rotatable bonds is 4. The summed E-state index contributed by atoms with van der Waals surface area (Å²) >= 11 is 0. The smallest absolute Gasteiger partial charge is 0.320 e. The van der Waals surface area contributed by atoms with E-state index in [9.17, 15) is 22.8 Å². The Balaban J connectivity index is 2.58. The molecule has 0 aromatic heterocycles. The lowest BCUT2D eigenvalue weighted by atomic mass is 10.1. The standard InChI is InChI=1S/C11H8N4O7S/c12-14-13-6-1-2-7(11(18)22-23(19,20)21)8(5-6)15-9(16)3-4-10(15)17/h1-2,5H,3-4H2,(H,19,20,21). The second kappa shape index (κ2) is 6.04. The van der Waals surface area contributed by atoms with Gasteiger partial charge in [-0.25, -0.2) is 9.69 Å². The highest BCUT2D eigenvalue weighted by Crippen LogP contribution is 2.31. The molecule has 0 atom stereocenters. The molecule has 2 rings (SSSR count). The Morgan fingerprint density at radius 1 is 1.30 bits per heavy atom. The summed E-state index contributed by atoms with van der Waals surface area (Å²) in [5, 5.41) is 3.28. The Hall–Kier alpha value is -2.95. The van der Waals surface area contributed by atoms with Gasteiger partial charge in [0.05, 0.1) is 11.3 Å². The molecule has 23 heavy (non-hydrogen) atoms. The summed E-state index contributed by atoms with van der Waals surface area (Å²) in [6.45, 7) is 0. The van der Waals surface area contributed by atoms with Gasteiger partial charge < -0.3 is 4.18 Å². The first-order valence-corrected chi connectivity index (χ1v) is 7.35. The molecule has 0 aliphatic carbocycles. The monoisotopic (exact) mass is 340 g/mol. The number of carbonyl (C=O) groups is 3. The molecule has 1 aromatic rings. The Bertz CT molecular complexity index is 841. The van der Waals surface area contributed by atoms with Crippen molar-refractivity contribution < 1.29 is 31.5 Å². The van der Waals surface area contributed by atoms with Crippen molar-refractivity contribution in [3.05, 3.63) is 34.2 Å². The van der Waals surface area contributed by atoms with Crippen molar-refractivity contribution in [1.82, 2.24) is 0 Å². The van der Waals surface area contributed by atoms with E-state index in [1.807, 2.05) is 0 Å². The van der Waals surface area contributed by atoms with Crippen LogP contribution in [0, 0.1) is 0 Å². The number of hydrogen-bond acceptors (Lipinski definition) is 7. The minimum Gasteiger partial charge on any atom is -0.320 e. The fourth-order valence-corrected chi connectivity index (χ4v) is 2.26. The molecular weight excluding hydrogens is 332 g/mol. The molecule has 1 heterocycles. The van der Waals surface area contributed by atoms with Gasteiger partial charge in [0.1, 0.15) is 0 Å². The minimum atomic E-state index is -5.08. The second-order valence-corrected chi connectivity index (χ2v) is 5.33. The highest BCUT2D eigenvalue weighted by Gasteiger charge is 2.34. The Labute approximate surface area is 129 Å². The van der Waals surface area contributed by atoms with Crippen LogP contribution in [-0.2, 0) is 24.2 Å². The average Bonchev–Trinajstić information content (AvgIpc) is 2.76. The summed E-state index contributed by atoms with van der Waals surface area (Å²) in [7, 11) is -5.08. The molecule has 0 bridgehead atoms. The molecule has 1 N–H and O–H groups in total. The highest BCUT2D eigenvalue weighted by molar-refractivity contribution is 7.81. The largest absolute Gasteiger partial charge is 0.449 e. The van der Waals surface area contributed by atoms with E-state index in [0.717, 1.165) is 18.2 Å². The fourth-order valence-electron chi connectivity index (χ4n) is 1.98. The third kappa shape index (κ3) is 3.63. The van der Waals surface area contributed by atoms with Gasteiger partial charge in [0.15, 0.2) is 0 Å². The number of azide groups is 1. The van der Waals surface area contributed by atoms with E-state index in [-0.39, 0.29) is 24.2 Å². The van der Waals surface area contributed by atoms with E-state index in [2.05, 4.69) is 14.2 Å². The summed E-state index contributed by atoms with van der Waals surface area (Å²) in [4.78, 5) is 38.6. The van der Waals surface area contributed by atoms with Gasteiger partial charge in [0.25, 0.3) is 0 Å². The zero-order valence-corrected chi connectivity index (χ0v) is 12.1. The molecule has 1 fully saturated rings. The molecule has 1 aromatic carbocycles. The first-order chi connectivity index (χ1) is 10.7. The number of benzene rings is 1. The fraction of sp³-hybridized carbons (Fsp3) is 0.182. The highest BCUT2D eigenvalue weighted by atomic mass is 32.3. The predicted octanol–water partition coefficient (Wildman–Crippen LogP) is 1.24. The maximum absolute atomic E-state index is 11.8. The van der Waals surface area contributed by atoms with E-state index in [0.29, 0.717) is 4.90 Å². The van der Waals surface area contributed by atoms with Crippen LogP contribution in [0.3, 0.4) is 0 Å². The van der Waals surface area contributed by atoms with Gasteiger partial charge in [-0.1, -0.05) is 11.2 Å². The third-order valence-corrected chi connectivity index (χ3v) is 3.20. The van der Waals surface area contributed by atoms with Crippen LogP contribution in [0.1, 0.15) is 23.2 Å². The van der Waals surface area contributed by atoms with Gasteiger partial charge in [0, 0.05) is 23.4 Å². The van der Waals surface area contributed by atoms with E-state index in [1.165, 1.54) is 0 Å². The lowest BCUT2D eigenvalue weighted by Gasteiger charge is -2.17. The molecule has 120 valence electrons. The van der Waals surface area contributed by atoms with Crippen molar-refractivity contribution in [2.45, 2.75) is 12.8 Å². The predicted molar refractivity (Wildman–Crippen MR) is 73.9 cm³/mol. The van der Waals surface area contributed by atoms with Crippen molar-refractivity contribution in [3.8, 4) is 0 Å². The molecule has 11 nitrogen and oxygen atoms in total. The second-order valence-electron chi connectivity index (χ2n) is 4.31. The molecule has 0 spiro atoms. The van der Waals surface area contributed by atoms with Crippen LogP contribution >= 0.6 is 0 Å². The summed E-state index contributed by atoms with van der Waals surface area (Å²) in [5.74, 6) is -2.73.